The van der Waals surface area contributed by atoms with Crippen LogP contribution in [0.25, 0.3) is 33.0 Å². The van der Waals surface area contributed by atoms with Gasteiger partial charge in [-0.15, -0.1) is 0 Å². The van der Waals surface area contributed by atoms with E-state index in [0.29, 0.717) is 0 Å². The van der Waals surface area contributed by atoms with Crippen LogP contribution in [0.1, 0.15) is 67.2 Å². The molecule has 0 radical (unpaired) electrons. The lowest BCUT2D eigenvalue weighted by Crippen LogP contribution is -3.00. The Bertz CT molecular complexity index is 2210. The van der Waals surface area contributed by atoms with Crippen LogP contribution in [-0.4, -0.2) is 10.4 Å². The first-order valence-electron chi connectivity index (χ1n) is 15.8. The smallest absolute Gasteiger partial charge is 0.195 e. The highest BCUT2D eigenvalue weighted by Gasteiger charge is 2.49. The van der Waals surface area contributed by atoms with Gasteiger partial charge in [-0.3, -0.25) is 0 Å². The van der Waals surface area contributed by atoms with Crippen molar-refractivity contribution in [1.82, 2.24) is 0 Å². The number of benzene rings is 6. The molecule has 0 amide bonds. The number of amidine groups is 1. The molecule has 44 heavy (non-hydrogen) atoms. The third-order valence-electron chi connectivity index (χ3n) is 10.7. The van der Waals surface area contributed by atoms with Gasteiger partial charge < -0.3 is 0 Å². The third-order valence-corrected chi connectivity index (χ3v) is 10.7. The van der Waals surface area contributed by atoms with E-state index in [1.165, 1.54) is 77.9 Å². The summed E-state index contributed by atoms with van der Waals surface area (Å²) < 4.78 is 2.56. The fourth-order valence-corrected chi connectivity index (χ4v) is 8.25. The number of quaternary nitrogens is 1. The van der Waals surface area contributed by atoms with E-state index in [4.69, 9.17) is 0 Å². The number of hydrogen-bond acceptors (Lipinski definition) is 0. The van der Waals surface area contributed by atoms with E-state index in [9.17, 15) is 0 Å². The van der Waals surface area contributed by atoms with Gasteiger partial charge in [0.1, 0.15) is 5.56 Å². The standard InChI is InChI=1S/C42H34N2/c1-41(2)35-15-9-7-13-31(35)33-21-18-28(24-37(33)41)39-43-40(44(39)30-20-17-26-11-5-6-12-27(26)23-30)29-19-22-34-32-14-8-10-16-36(32)42(3,4)38(34)25-29/h5-25,39H,1-4H3/p+2. The average molecular weight is 569 g/mol. The van der Waals surface area contributed by atoms with E-state index in [2.05, 4.69) is 165 Å². The SMILES string of the molecule is CC1(C)c2ccccc2-c2ccc(C3=[N+](c4ccc5ccccc5c4)C(c4ccc5c(c4)C(C)(C)c4ccccc4-5)[NH2+]3)cc21. The van der Waals surface area contributed by atoms with Crippen molar-refractivity contribution in [2.75, 3.05) is 0 Å². The second kappa shape index (κ2) is 8.87. The Morgan fingerprint density at radius 2 is 1.07 bits per heavy atom. The quantitative estimate of drug-likeness (QED) is 0.206. The molecule has 1 heterocycles. The van der Waals surface area contributed by atoms with Crippen LogP contribution < -0.4 is 5.32 Å². The van der Waals surface area contributed by atoms with Crippen LogP contribution in [0.3, 0.4) is 0 Å². The molecule has 6 aromatic carbocycles. The summed E-state index contributed by atoms with van der Waals surface area (Å²) in [6.07, 6.45) is 0.162. The molecule has 3 aliphatic rings. The minimum atomic E-state index is -0.0278. The average Bonchev–Trinajstić information content (AvgIpc) is 3.40. The molecule has 1 aliphatic heterocycles. The lowest BCUT2D eigenvalue weighted by Gasteiger charge is -2.26. The lowest BCUT2D eigenvalue weighted by atomic mass is 9.81. The molecule has 2 nitrogen and oxygen atoms in total. The Hall–Kier alpha value is -4.79. The molecule has 6 aromatic rings. The Labute approximate surface area is 259 Å². The zero-order chi connectivity index (χ0) is 29.8. The Kier molecular flexibility index (Phi) is 5.18. The second-order valence-electron chi connectivity index (χ2n) is 13.8. The second-order valence-corrected chi connectivity index (χ2v) is 13.8. The van der Waals surface area contributed by atoms with E-state index in [-0.39, 0.29) is 17.0 Å². The van der Waals surface area contributed by atoms with Gasteiger partial charge >= 0.3 is 12.0 Å². The Morgan fingerprint density at radius 1 is 0.500 bits per heavy atom. The molecule has 0 saturated carbocycles. The molecular formula is C42H36N2+2. The molecule has 9 rings (SSSR count). The summed E-state index contributed by atoms with van der Waals surface area (Å²) in [5, 5.41) is 5.02. The van der Waals surface area contributed by atoms with Crippen molar-refractivity contribution >= 4 is 22.3 Å². The van der Waals surface area contributed by atoms with Crippen LogP contribution in [0.2, 0.25) is 0 Å². The molecule has 2 heteroatoms. The van der Waals surface area contributed by atoms with Gasteiger partial charge in [0.25, 0.3) is 0 Å². The fourth-order valence-electron chi connectivity index (χ4n) is 8.25. The monoisotopic (exact) mass is 568 g/mol. The first-order chi connectivity index (χ1) is 21.3. The van der Waals surface area contributed by atoms with Gasteiger partial charge in [-0.25, -0.2) is 0 Å². The number of nitrogens with zero attached hydrogens (tertiary/aromatic N) is 1. The van der Waals surface area contributed by atoms with Gasteiger partial charge in [0, 0.05) is 23.0 Å². The molecule has 0 saturated heterocycles. The zero-order valence-electron chi connectivity index (χ0n) is 25.7. The summed E-state index contributed by atoms with van der Waals surface area (Å²) in [4.78, 5) is 0. The predicted octanol–water partition coefficient (Wildman–Crippen LogP) is 8.82. The van der Waals surface area contributed by atoms with E-state index in [1.54, 1.807) is 0 Å². The van der Waals surface area contributed by atoms with Gasteiger partial charge in [-0.2, -0.15) is 5.32 Å². The van der Waals surface area contributed by atoms with Crippen molar-refractivity contribution in [2.45, 2.75) is 44.7 Å². The number of hydrogen-bond donors (Lipinski definition) is 1. The summed E-state index contributed by atoms with van der Waals surface area (Å²) in [7, 11) is 0. The molecule has 0 aromatic heterocycles. The summed E-state index contributed by atoms with van der Waals surface area (Å²) >= 11 is 0. The van der Waals surface area contributed by atoms with Gasteiger partial charge in [-0.05, 0) is 85.6 Å². The summed E-state index contributed by atoms with van der Waals surface area (Å²) in [5.74, 6) is 1.28. The number of fused-ring (bicyclic) bond motifs is 7. The fraction of sp³-hybridized carbons (Fsp3) is 0.167. The largest absolute Gasteiger partial charge is 0.384 e. The van der Waals surface area contributed by atoms with Crippen molar-refractivity contribution in [3.05, 3.63) is 161 Å². The predicted molar refractivity (Wildman–Crippen MR) is 181 cm³/mol. The molecule has 2 N–H and O–H groups in total. The van der Waals surface area contributed by atoms with Gasteiger partial charge in [-0.1, -0.05) is 117 Å². The highest BCUT2D eigenvalue weighted by Crippen LogP contribution is 2.50. The minimum absolute atomic E-state index is 0.0213. The van der Waals surface area contributed by atoms with Crippen molar-refractivity contribution in [2.24, 2.45) is 0 Å². The van der Waals surface area contributed by atoms with Crippen molar-refractivity contribution in [1.29, 1.82) is 0 Å². The van der Waals surface area contributed by atoms with Gasteiger partial charge in [0.15, 0.2) is 0 Å². The summed E-state index contributed by atoms with van der Waals surface area (Å²) in [6.45, 7) is 9.47. The Balaban J connectivity index is 1.21. The van der Waals surface area contributed by atoms with Crippen LogP contribution in [0, 0.1) is 0 Å². The van der Waals surface area contributed by atoms with Gasteiger partial charge in [0.2, 0.25) is 5.69 Å². The number of rotatable bonds is 3. The maximum Gasteiger partial charge on any atom is 0.384 e. The van der Waals surface area contributed by atoms with E-state index in [1.807, 2.05) is 0 Å². The molecule has 2 aliphatic carbocycles. The lowest BCUT2D eigenvalue weighted by molar-refractivity contribution is -0.866. The molecule has 212 valence electrons. The third kappa shape index (κ3) is 3.43. The van der Waals surface area contributed by atoms with E-state index < -0.39 is 0 Å². The van der Waals surface area contributed by atoms with Gasteiger partial charge in [0.05, 0.1) is 5.56 Å². The first kappa shape index (κ1) is 25.7. The van der Waals surface area contributed by atoms with Crippen molar-refractivity contribution in [3.8, 4) is 22.3 Å². The topological polar surface area (TPSA) is 19.6 Å². The van der Waals surface area contributed by atoms with Crippen molar-refractivity contribution < 1.29 is 9.89 Å². The van der Waals surface area contributed by atoms with Crippen LogP contribution >= 0.6 is 0 Å². The highest BCUT2D eigenvalue weighted by molar-refractivity contribution is 5.93. The molecule has 0 spiro atoms. The van der Waals surface area contributed by atoms with Crippen LogP contribution in [0.4, 0.5) is 5.69 Å². The molecule has 0 fully saturated rings. The van der Waals surface area contributed by atoms with Crippen LogP contribution in [0.15, 0.2) is 127 Å². The normalized spacial score (nSPS) is 18.4. The van der Waals surface area contributed by atoms with Crippen molar-refractivity contribution in [3.63, 3.8) is 0 Å². The Morgan fingerprint density at radius 3 is 1.77 bits per heavy atom. The maximum atomic E-state index is 2.56. The highest BCUT2D eigenvalue weighted by atomic mass is 15.3. The van der Waals surface area contributed by atoms with Crippen LogP contribution in [-0.2, 0) is 10.8 Å². The molecule has 0 bridgehead atoms. The summed E-state index contributed by atoms with van der Waals surface area (Å²) in [5.41, 5.74) is 15.0. The zero-order valence-corrected chi connectivity index (χ0v) is 25.7. The maximum absolute atomic E-state index is 2.56. The molecule has 1 atom stereocenters. The molecular weight excluding hydrogens is 532 g/mol. The summed E-state index contributed by atoms with van der Waals surface area (Å²) in [6, 6.07) is 47.7. The minimum Gasteiger partial charge on any atom is -0.195 e. The number of nitrogens with two attached hydrogens (primary N) is 1. The van der Waals surface area contributed by atoms with Crippen LogP contribution in [0.5, 0.6) is 0 Å². The van der Waals surface area contributed by atoms with E-state index >= 15 is 0 Å². The first-order valence-corrected chi connectivity index (χ1v) is 15.8. The molecule has 1 unspecified atom stereocenters. The van der Waals surface area contributed by atoms with E-state index in [0.717, 1.165) is 0 Å².